The summed E-state index contributed by atoms with van der Waals surface area (Å²) in [6, 6.07) is 9.18. The topological polar surface area (TPSA) is 99.0 Å². The minimum absolute atomic E-state index is 0.0976. The molecule has 2 amide bonds. The van der Waals surface area contributed by atoms with E-state index in [9.17, 15) is 14.0 Å². The van der Waals surface area contributed by atoms with Gasteiger partial charge in [0.1, 0.15) is 18.0 Å². The molecule has 6 heterocycles. The molecule has 1 N–H and O–H groups in total. The third-order valence-electron chi connectivity index (χ3n) is 8.23. The van der Waals surface area contributed by atoms with E-state index in [0.717, 1.165) is 23.7 Å². The van der Waals surface area contributed by atoms with Crippen molar-refractivity contribution in [1.29, 1.82) is 0 Å². The number of likely N-dealkylation sites (N-methyl/N-ethyl adjacent to an activating group) is 1. The molecule has 42 heavy (non-hydrogen) atoms. The number of carbonyl (C=O) groups excluding carboxylic acids is 2. The average Bonchev–Trinajstić information content (AvgIpc) is 3.64. The molecule has 2 fully saturated rings. The maximum absolute atomic E-state index is 13.5. The summed E-state index contributed by atoms with van der Waals surface area (Å²) in [5.74, 6) is 0.221. The third kappa shape index (κ3) is 5.36. The number of anilines is 1. The van der Waals surface area contributed by atoms with Crippen molar-refractivity contribution in [3.05, 3.63) is 53.7 Å². The van der Waals surface area contributed by atoms with Gasteiger partial charge in [-0.3, -0.25) is 14.5 Å². The molecule has 0 saturated carbocycles. The van der Waals surface area contributed by atoms with Gasteiger partial charge in [-0.15, -0.1) is 11.3 Å². The summed E-state index contributed by atoms with van der Waals surface area (Å²) in [6.07, 6.45) is 3.27. The molecule has 6 rings (SSSR count). The van der Waals surface area contributed by atoms with Gasteiger partial charge in [0, 0.05) is 30.9 Å². The van der Waals surface area contributed by atoms with E-state index in [2.05, 4.69) is 36.1 Å². The number of carbonyl (C=O) groups is 2. The molecule has 2 aliphatic rings. The Morgan fingerprint density at radius 2 is 1.98 bits per heavy atom. The normalized spacial score (nSPS) is 17.8. The van der Waals surface area contributed by atoms with Gasteiger partial charge in [0.15, 0.2) is 5.65 Å². The van der Waals surface area contributed by atoms with E-state index in [1.165, 1.54) is 0 Å². The van der Waals surface area contributed by atoms with E-state index >= 15 is 0 Å². The molecule has 2 unspecified atom stereocenters. The van der Waals surface area contributed by atoms with Crippen LogP contribution in [-0.4, -0.2) is 98.7 Å². The van der Waals surface area contributed by atoms with Crippen LogP contribution < -0.4 is 10.2 Å². The van der Waals surface area contributed by atoms with Crippen LogP contribution in [0.3, 0.4) is 0 Å². The second-order valence-electron chi connectivity index (χ2n) is 10.8. The number of pyridine rings is 1. The fraction of sp³-hybridized carbons (Fsp3) is 0.433. The summed E-state index contributed by atoms with van der Waals surface area (Å²) in [5, 5.41) is 9.58. The molecule has 0 spiro atoms. The van der Waals surface area contributed by atoms with Crippen LogP contribution in [0.4, 0.5) is 10.2 Å². The van der Waals surface area contributed by atoms with Crippen molar-refractivity contribution in [2.24, 2.45) is 0 Å². The van der Waals surface area contributed by atoms with Crippen LogP contribution in [0.25, 0.3) is 27.5 Å². The van der Waals surface area contributed by atoms with Crippen LogP contribution in [-0.2, 0) is 4.79 Å². The Balaban J connectivity index is 1.35. The number of amides is 2. The zero-order valence-electron chi connectivity index (χ0n) is 24.0. The molecule has 2 atom stereocenters. The lowest BCUT2D eigenvalue weighted by Crippen LogP contribution is -2.62. The van der Waals surface area contributed by atoms with Gasteiger partial charge < -0.3 is 15.1 Å². The highest BCUT2D eigenvalue weighted by Crippen LogP contribution is 2.33. The first kappa shape index (κ1) is 28.2. The van der Waals surface area contributed by atoms with E-state index in [-0.39, 0.29) is 30.9 Å². The number of hydrogen-bond donors (Lipinski definition) is 1. The van der Waals surface area contributed by atoms with E-state index in [4.69, 9.17) is 9.97 Å². The largest absolute Gasteiger partial charge is 0.350 e. The van der Waals surface area contributed by atoms with E-state index in [0.29, 0.717) is 47.8 Å². The van der Waals surface area contributed by atoms with Crippen molar-refractivity contribution >= 4 is 34.6 Å². The monoisotopic (exact) mass is 590 g/mol. The smallest absolute Gasteiger partial charge is 0.251 e. The number of fused-ring (bicyclic) bond motifs is 1. The molecular weight excluding hydrogens is 555 g/mol. The van der Waals surface area contributed by atoms with Gasteiger partial charge in [0.2, 0.25) is 5.91 Å². The van der Waals surface area contributed by atoms with Crippen molar-refractivity contribution in [3.8, 4) is 21.8 Å². The summed E-state index contributed by atoms with van der Waals surface area (Å²) in [4.78, 5) is 43.2. The number of likely N-dealkylation sites (tertiary alicyclic amines) is 1. The Bertz CT molecular complexity index is 1580. The Morgan fingerprint density at radius 1 is 1.17 bits per heavy atom. The van der Waals surface area contributed by atoms with Gasteiger partial charge in [-0.2, -0.15) is 5.10 Å². The second-order valence-corrected chi connectivity index (χ2v) is 11.8. The number of thiophene rings is 1. The lowest BCUT2D eigenvalue weighted by Gasteiger charge is -2.45. The Morgan fingerprint density at radius 3 is 2.64 bits per heavy atom. The minimum atomic E-state index is -0.958. The molecule has 10 nitrogen and oxygen atoms in total. The number of nitrogens with zero attached hydrogens (tertiary/aromatic N) is 7. The molecule has 0 aliphatic carbocycles. The average molecular weight is 591 g/mol. The molecule has 2 saturated heterocycles. The van der Waals surface area contributed by atoms with Gasteiger partial charge >= 0.3 is 0 Å². The molecule has 0 bridgehead atoms. The van der Waals surface area contributed by atoms with Crippen LogP contribution >= 0.6 is 11.3 Å². The highest BCUT2D eigenvalue weighted by Gasteiger charge is 2.42. The Hall–Kier alpha value is -3.90. The summed E-state index contributed by atoms with van der Waals surface area (Å²) in [5.41, 5.74) is 3.13. The van der Waals surface area contributed by atoms with Crippen molar-refractivity contribution in [2.75, 3.05) is 44.2 Å². The second kappa shape index (κ2) is 11.8. The van der Waals surface area contributed by atoms with Crippen molar-refractivity contribution in [3.63, 3.8) is 0 Å². The van der Waals surface area contributed by atoms with E-state index in [1.807, 2.05) is 34.7 Å². The zero-order chi connectivity index (χ0) is 29.4. The van der Waals surface area contributed by atoms with Crippen molar-refractivity contribution in [2.45, 2.75) is 45.4 Å². The first-order chi connectivity index (χ1) is 20.4. The molecule has 220 valence electrons. The maximum atomic E-state index is 13.5. The van der Waals surface area contributed by atoms with Gasteiger partial charge in [-0.25, -0.2) is 18.9 Å². The standard InChI is InChI=1S/C30H35FN8O2S/c1-4-36(5-2)19(3)15-32-29(40)20-13-24(22-16-33-39-11-8-23(35-28(22)39)26-7-6-12-42-26)34-27(14-20)38-10-9-25(38)30(41)37-17-21(31)18-37/h6-8,11-14,16,19,21,25H,4-5,9-10,15,17-18H2,1-3H3,(H,32,40). The van der Waals surface area contributed by atoms with Crippen LogP contribution in [0.15, 0.2) is 48.1 Å². The van der Waals surface area contributed by atoms with Crippen molar-refractivity contribution < 1.29 is 14.0 Å². The summed E-state index contributed by atoms with van der Waals surface area (Å²) < 4.78 is 15.2. The Kier molecular flexibility index (Phi) is 7.91. The molecule has 12 heteroatoms. The number of halogens is 1. The number of hydrogen-bond acceptors (Lipinski definition) is 8. The summed E-state index contributed by atoms with van der Waals surface area (Å²) >= 11 is 1.61. The predicted octanol–water partition coefficient (Wildman–Crippen LogP) is 3.74. The predicted molar refractivity (Wildman–Crippen MR) is 161 cm³/mol. The first-order valence-corrected chi connectivity index (χ1v) is 15.4. The van der Waals surface area contributed by atoms with Crippen LogP contribution in [0.1, 0.15) is 37.6 Å². The molecule has 0 aromatic carbocycles. The van der Waals surface area contributed by atoms with Gasteiger partial charge in [0.25, 0.3) is 5.91 Å². The van der Waals surface area contributed by atoms with Crippen molar-refractivity contribution in [1.82, 2.24) is 34.7 Å². The van der Waals surface area contributed by atoms with Gasteiger partial charge in [-0.05, 0) is 56.1 Å². The molecule has 0 radical (unpaired) electrons. The van der Waals surface area contributed by atoms with Crippen LogP contribution in [0, 0.1) is 0 Å². The number of alkyl halides is 1. The highest BCUT2D eigenvalue weighted by molar-refractivity contribution is 7.13. The molecular formula is C30H35FN8O2S. The third-order valence-corrected chi connectivity index (χ3v) is 9.13. The molecule has 4 aromatic heterocycles. The lowest BCUT2D eigenvalue weighted by molar-refractivity contribution is -0.141. The zero-order valence-corrected chi connectivity index (χ0v) is 24.9. The number of aromatic nitrogens is 4. The summed E-state index contributed by atoms with van der Waals surface area (Å²) in [7, 11) is 0. The Labute approximate surface area is 248 Å². The fourth-order valence-corrected chi connectivity index (χ4v) is 6.29. The fourth-order valence-electron chi connectivity index (χ4n) is 5.60. The van der Waals surface area contributed by atoms with Gasteiger partial charge in [0.05, 0.1) is 41.1 Å². The molecule has 4 aromatic rings. The number of nitrogens with one attached hydrogen (secondary N) is 1. The lowest BCUT2D eigenvalue weighted by atomic mass is 9.98. The van der Waals surface area contributed by atoms with E-state index in [1.54, 1.807) is 39.1 Å². The molecule has 2 aliphatic heterocycles. The number of rotatable bonds is 10. The maximum Gasteiger partial charge on any atom is 0.251 e. The highest BCUT2D eigenvalue weighted by atomic mass is 32.1. The first-order valence-electron chi connectivity index (χ1n) is 14.5. The SMILES string of the molecule is CCN(CC)C(C)CNC(=O)c1cc(-c2cnn3ccc(-c4cccs4)nc23)nc(N2CCC2C(=O)N2CC(F)C2)c1. The van der Waals surface area contributed by atoms with Crippen LogP contribution in [0.2, 0.25) is 0 Å². The summed E-state index contributed by atoms with van der Waals surface area (Å²) in [6.45, 7) is 9.50. The van der Waals surface area contributed by atoms with Crippen LogP contribution in [0.5, 0.6) is 0 Å². The minimum Gasteiger partial charge on any atom is -0.350 e. The van der Waals surface area contributed by atoms with E-state index < -0.39 is 12.2 Å². The quantitative estimate of drug-likeness (QED) is 0.301. The van der Waals surface area contributed by atoms with Gasteiger partial charge in [-0.1, -0.05) is 19.9 Å².